The fraction of sp³-hybridized carbons (Fsp3) is 0.833. The van der Waals surface area contributed by atoms with Crippen molar-refractivity contribution in [2.75, 3.05) is 13.2 Å². The SMILES string of the molecule is CC1(C(=O)NCC2(C(=O)O)CCC2)CCCO1. The van der Waals surface area contributed by atoms with Gasteiger partial charge in [-0.15, -0.1) is 0 Å². The number of rotatable bonds is 4. The molecule has 5 nitrogen and oxygen atoms in total. The van der Waals surface area contributed by atoms with Crippen molar-refractivity contribution in [3.05, 3.63) is 0 Å². The van der Waals surface area contributed by atoms with E-state index in [4.69, 9.17) is 9.84 Å². The van der Waals surface area contributed by atoms with E-state index in [0.29, 0.717) is 25.9 Å². The number of carboxylic acids is 1. The molecule has 2 rings (SSSR count). The zero-order valence-corrected chi connectivity index (χ0v) is 10.1. The molecule has 1 saturated heterocycles. The van der Waals surface area contributed by atoms with Gasteiger partial charge in [0, 0.05) is 13.2 Å². The molecule has 1 aliphatic carbocycles. The highest BCUT2D eigenvalue weighted by molar-refractivity contribution is 5.86. The van der Waals surface area contributed by atoms with Crippen LogP contribution < -0.4 is 5.32 Å². The van der Waals surface area contributed by atoms with Gasteiger partial charge in [0.1, 0.15) is 5.60 Å². The molecule has 0 aromatic heterocycles. The molecule has 96 valence electrons. The van der Waals surface area contributed by atoms with Gasteiger partial charge in [-0.05, 0) is 32.6 Å². The molecule has 2 aliphatic rings. The molecule has 1 heterocycles. The van der Waals surface area contributed by atoms with E-state index in [9.17, 15) is 9.59 Å². The van der Waals surface area contributed by atoms with Crippen LogP contribution in [0, 0.1) is 5.41 Å². The highest BCUT2D eigenvalue weighted by atomic mass is 16.5. The van der Waals surface area contributed by atoms with E-state index < -0.39 is 17.0 Å². The summed E-state index contributed by atoms with van der Waals surface area (Å²) in [7, 11) is 0. The molecule has 17 heavy (non-hydrogen) atoms. The minimum absolute atomic E-state index is 0.178. The number of amides is 1. The van der Waals surface area contributed by atoms with Crippen LogP contribution in [0.3, 0.4) is 0 Å². The molecule has 2 fully saturated rings. The van der Waals surface area contributed by atoms with Gasteiger partial charge in [-0.3, -0.25) is 9.59 Å². The standard InChI is InChI=1S/C12H19NO4/c1-11(4-3-7-17-11)9(14)13-8-12(10(15)16)5-2-6-12/h2-8H2,1H3,(H,13,14)(H,15,16). The predicted molar refractivity (Wildman–Crippen MR) is 60.5 cm³/mol. The van der Waals surface area contributed by atoms with Crippen LogP contribution >= 0.6 is 0 Å². The van der Waals surface area contributed by atoms with Crippen LogP contribution in [0.2, 0.25) is 0 Å². The summed E-state index contributed by atoms with van der Waals surface area (Å²) in [5.41, 5.74) is -1.49. The number of ether oxygens (including phenoxy) is 1. The van der Waals surface area contributed by atoms with Gasteiger partial charge >= 0.3 is 5.97 Å². The van der Waals surface area contributed by atoms with E-state index >= 15 is 0 Å². The molecule has 2 N–H and O–H groups in total. The maximum absolute atomic E-state index is 11.9. The summed E-state index contributed by atoms with van der Waals surface area (Å²) >= 11 is 0. The molecule has 0 aromatic rings. The van der Waals surface area contributed by atoms with Gasteiger partial charge in [-0.25, -0.2) is 0 Å². The maximum Gasteiger partial charge on any atom is 0.311 e. The smallest absolute Gasteiger partial charge is 0.311 e. The van der Waals surface area contributed by atoms with Gasteiger partial charge in [-0.2, -0.15) is 0 Å². The summed E-state index contributed by atoms with van der Waals surface area (Å²) in [4.78, 5) is 23.1. The van der Waals surface area contributed by atoms with Crippen LogP contribution in [0.15, 0.2) is 0 Å². The Morgan fingerprint density at radius 3 is 2.41 bits per heavy atom. The lowest BCUT2D eigenvalue weighted by atomic mass is 9.68. The molecular weight excluding hydrogens is 222 g/mol. The number of carbonyl (C=O) groups is 2. The van der Waals surface area contributed by atoms with Crippen molar-refractivity contribution in [1.29, 1.82) is 0 Å². The van der Waals surface area contributed by atoms with Crippen LogP contribution in [-0.2, 0) is 14.3 Å². The van der Waals surface area contributed by atoms with E-state index in [1.54, 1.807) is 6.92 Å². The Balaban J connectivity index is 1.89. The van der Waals surface area contributed by atoms with Gasteiger partial charge in [0.15, 0.2) is 0 Å². The first-order valence-corrected chi connectivity index (χ1v) is 6.14. The van der Waals surface area contributed by atoms with Crippen LogP contribution in [0.4, 0.5) is 0 Å². The third kappa shape index (κ3) is 2.16. The Hall–Kier alpha value is -1.10. The highest BCUT2D eigenvalue weighted by Crippen LogP contribution is 2.40. The van der Waals surface area contributed by atoms with Crippen molar-refractivity contribution in [2.45, 2.75) is 44.6 Å². The zero-order valence-electron chi connectivity index (χ0n) is 10.1. The molecule has 0 bridgehead atoms. The maximum atomic E-state index is 11.9. The second kappa shape index (κ2) is 4.29. The number of hydrogen-bond donors (Lipinski definition) is 2. The van der Waals surface area contributed by atoms with E-state index in [2.05, 4.69) is 5.32 Å². The summed E-state index contributed by atoms with van der Waals surface area (Å²) in [6, 6.07) is 0. The largest absolute Gasteiger partial charge is 0.481 e. The van der Waals surface area contributed by atoms with Crippen LogP contribution in [0.1, 0.15) is 39.0 Å². The third-order valence-corrected chi connectivity index (χ3v) is 4.05. The predicted octanol–water partition coefficient (Wildman–Crippen LogP) is 0.927. The second-order valence-corrected chi connectivity index (χ2v) is 5.30. The molecule has 0 radical (unpaired) electrons. The van der Waals surface area contributed by atoms with Gasteiger partial charge < -0.3 is 15.2 Å². The third-order valence-electron chi connectivity index (χ3n) is 4.05. The molecule has 1 amide bonds. The molecule has 0 spiro atoms. The Bertz CT molecular complexity index is 329. The highest BCUT2D eigenvalue weighted by Gasteiger charge is 2.46. The zero-order chi connectivity index (χ0) is 12.5. The second-order valence-electron chi connectivity index (χ2n) is 5.30. The molecule has 1 aliphatic heterocycles. The summed E-state index contributed by atoms with van der Waals surface area (Å²) in [5.74, 6) is -0.982. The van der Waals surface area contributed by atoms with E-state index in [1.807, 2.05) is 0 Å². The first kappa shape index (κ1) is 12.4. The fourth-order valence-electron chi connectivity index (χ4n) is 2.46. The Morgan fingerprint density at radius 2 is 2.00 bits per heavy atom. The average Bonchev–Trinajstić information content (AvgIpc) is 2.64. The number of carbonyl (C=O) groups excluding carboxylic acids is 1. The minimum atomic E-state index is -0.804. The van der Waals surface area contributed by atoms with Gasteiger partial charge in [-0.1, -0.05) is 6.42 Å². The summed E-state index contributed by atoms with van der Waals surface area (Å²) in [6.45, 7) is 2.59. The molecular formula is C12H19NO4. The lowest BCUT2D eigenvalue weighted by Crippen LogP contribution is -2.52. The Kier molecular flexibility index (Phi) is 3.12. The van der Waals surface area contributed by atoms with E-state index in [-0.39, 0.29) is 12.5 Å². The van der Waals surface area contributed by atoms with Gasteiger partial charge in [0.05, 0.1) is 5.41 Å². The fourth-order valence-corrected chi connectivity index (χ4v) is 2.46. The minimum Gasteiger partial charge on any atom is -0.481 e. The lowest BCUT2D eigenvalue weighted by molar-refractivity contribution is -0.155. The number of carboxylic acid groups (broad SMARTS) is 1. The van der Waals surface area contributed by atoms with Crippen molar-refractivity contribution in [2.24, 2.45) is 5.41 Å². The van der Waals surface area contributed by atoms with E-state index in [0.717, 1.165) is 12.8 Å². The Morgan fingerprint density at radius 1 is 1.29 bits per heavy atom. The normalized spacial score (nSPS) is 30.6. The van der Waals surface area contributed by atoms with Crippen LogP contribution in [-0.4, -0.2) is 35.7 Å². The van der Waals surface area contributed by atoms with Crippen LogP contribution in [0.5, 0.6) is 0 Å². The van der Waals surface area contributed by atoms with Crippen molar-refractivity contribution in [3.8, 4) is 0 Å². The number of aliphatic carboxylic acids is 1. The molecule has 1 saturated carbocycles. The summed E-state index contributed by atoms with van der Waals surface area (Å²) in [6.07, 6.45) is 3.82. The quantitative estimate of drug-likeness (QED) is 0.767. The topological polar surface area (TPSA) is 75.6 Å². The first-order valence-electron chi connectivity index (χ1n) is 6.14. The molecule has 1 atom stereocenters. The lowest BCUT2D eigenvalue weighted by Gasteiger charge is -2.38. The monoisotopic (exact) mass is 241 g/mol. The van der Waals surface area contributed by atoms with Gasteiger partial charge in [0.25, 0.3) is 5.91 Å². The summed E-state index contributed by atoms with van der Waals surface area (Å²) in [5, 5.41) is 11.9. The average molecular weight is 241 g/mol. The van der Waals surface area contributed by atoms with Crippen molar-refractivity contribution >= 4 is 11.9 Å². The van der Waals surface area contributed by atoms with Crippen LogP contribution in [0.25, 0.3) is 0 Å². The van der Waals surface area contributed by atoms with Crippen molar-refractivity contribution in [1.82, 2.24) is 5.32 Å². The Labute approximate surface area is 101 Å². The van der Waals surface area contributed by atoms with Gasteiger partial charge in [0.2, 0.25) is 0 Å². The van der Waals surface area contributed by atoms with Crippen molar-refractivity contribution < 1.29 is 19.4 Å². The summed E-state index contributed by atoms with van der Waals surface area (Å²) < 4.78 is 5.42. The molecule has 5 heteroatoms. The number of hydrogen-bond acceptors (Lipinski definition) is 3. The number of nitrogens with one attached hydrogen (secondary N) is 1. The van der Waals surface area contributed by atoms with E-state index in [1.165, 1.54) is 0 Å². The first-order chi connectivity index (χ1) is 7.99. The molecule has 0 aromatic carbocycles. The molecule has 1 unspecified atom stereocenters. The van der Waals surface area contributed by atoms with Crippen molar-refractivity contribution in [3.63, 3.8) is 0 Å².